The summed E-state index contributed by atoms with van der Waals surface area (Å²) in [6.07, 6.45) is 2.97. The molecule has 2 N–H and O–H groups in total. The van der Waals surface area contributed by atoms with Gasteiger partial charge in [-0.2, -0.15) is 0 Å². The number of anilines is 2. The number of aromatic nitrogens is 1. The van der Waals surface area contributed by atoms with E-state index in [0.29, 0.717) is 0 Å². The fraction of sp³-hybridized carbons (Fsp3) is 0.688. The van der Waals surface area contributed by atoms with Gasteiger partial charge in [0.2, 0.25) is 0 Å². The number of nitrogens with zero attached hydrogens (tertiary/aromatic N) is 3. The average molecular weight is 292 g/mol. The van der Waals surface area contributed by atoms with Crippen molar-refractivity contribution < 1.29 is 5.11 Å². The summed E-state index contributed by atoms with van der Waals surface area (Å²) in [6.45, 7) is 11.5. The molecule has 0 bridgehead atoms. The van der Waals surface area contributed by atoms with E-state index in [1.807, 2.05) is 20.0 Å². The molecule has 0 aromatic carbocycles. The lowest BCUT2D eigenvalue weighted by atomic mass is 10.1. The lowest BCUT2D eigenvalue weighted by Gasteiger charge is -2.38. The second-order valence-electron chi connectivity index (χ2n) is 6.40. The van der Waals surface area contributed by atoms with Crippen molar-refractivity contribution >= 4 is 11.5 Å². The van der Waals surface area contributed by atoms with E-state index in [1.165, 1.54) is 5.69 Å². The number of aliphatic hydroxyl groups is 1. The van der Waals surface area contributed by atoms with Crippen LogP contribution in [0.2, 0.25) is 0 Å². The Morgan fingerprint density at radius 3 is 2.62 bits per heavy atom. The van der Waals surface area contributed by atoms with Crippen LogP contribution in [0, 0.1) is 0 Å². The van der Waals surface area contributed by atoms with Gasteiger partial charge in [-0.05, 0) is 26.3 Å². The van der Waals surface area contributed by atoms with Gasteiger partial charge in [0, 0.05) is 57.2 Å². The Kier molecular flexibility index (Phi) is 5.42. The van der Waals surface area contributed by atoms with E-state index in [9.17, 15) is 5.11 Å². The summed E-state index contributed by atoms with van der Waals surface area (Å²) in [5, 5.41) is 13.2. The molecule has 1 fully saturated rings. The molecular formula is C16H28N4O. The van der Waals surface area contributed by atoms with Crippen molar-refractivity contribution in [1.29, 1.82) is 0 Å². The predicted molar refractivity (Wildman–Crippen MR) is 88.0 cm³/mol. The highest BCUT2D eigenvalue weighted by molar-refractivity contribution is 5.54. The minimum atomic E-state index is -0.615. The zero-order valence-electron chi connectivity index (χ0n) is 13.5. The number of piperazine rings is 1. The molecule has 0 radical (unpaired) electrons. The molecule has 1 aliphatic heterocycles. The summed E-state index contributed by atoms with van der Waals surface area (Å²) in [5.41, 5.74) is 0.613. The normalized spacial score (nSPS) is 17.0. The van der Waals surface area contributed by atoms with Crippen LogP contribution in [0.25, 0.3) is 0 Å². The van der Waals surface area contributed by atoms with E-state index in [-0.39, 0.29) is 0 Å². The second kappa shape index (κ2) is 7.09. The topological polar surface area (TPSA) is 51.6 Å². The summed E-state index contributed by atoms with van der Waals surface area (Å²) >= 11 is 0. The lowest BCUT2D eigenvalue weighted by molar-refractivity contribution is 0.0345. The van der Waals surface area contributed by atoms with Crippen LogP contribution >= 0.6 is 0 Å². The maximum absolute atomic E-state index is 9.90. The molecule has 2 rings (SSSR count). The molecule has 0 unspecified atom stereocenters. The summed E-state index contributed by atoms with van der Waals surface area (Å²) < 4.78 is 0. The first kappa shape index (κ1) is 16.0. The monoisotopic (exact) mass is 292 g/mol. The molecule has 1 saturated heterocycles. The number of hydrogen-bond acceptors (Lipinski definition) is 5. The number of pyridine rings is 1. The van der Waals surface area contributed by atoms with Crippen molar-refractivity contribution in [1.82, 2.24) is 9.88 Å². The number of hydrogen-bond donors (Lipinski definition) is 2. The van der Waals surface area contributed by atoms with E-state index in [4.69, 9.17) is 0 Å². The molecule has 0 atom stereocenters. The van der Waals surface area contributed by atoms with E-state index in [2.05, 4.69) is 39.2 Å². The largest absolute Gasteiger partial charge is 0.389 e. The molecule has 118 valence electrons. The van der Waals surface area contributed by atoms with Crippen LogP contribution in [0.15, 0.2) is 18.3 Å². The van der Waals surface area contributed by atoms with Crippen molar-refractivity contribution in [2.45, 2.75) is 32.8 Å². The van der Waals surface area contributed by atoms with Crippen LogP contribution in [0.4, 0.5) is 11.5 Å². The standard InChI is InChI=1S/C16H28N4O/c1-4-6-17-15-12-14(5-7-18-15)20-10-8-19(9-11-20)13-16(2,3)21/h5,7,12,21H,4,6,8-11,13H2,1-3H3,(H,17,18). The summed E-state index contributed by atoms with van der Waals surface area (Å²) in [4.78, 5) is 9.07. The molecule has 21 heavy (non-hydrogen) atoms. The molecule has 1 aliphatic rings. The van der Waals surface area contributed by atoms with E-state index < -0.39 is 5.60 Å². The SMILES string of the molecule is CCCNc1cc(N2CCN(CC(C)(C)O)CC2)ccn1. The molecule has 1 aromatic heterocycles. The highest BCUT2D eigenvalue weighted by atomic mass is 16.3. The first-order valence-corrected chi connectivity index (χ1v) is 7.87. The van der Waals surface area contributed by atoms with Gasteiger partial charge in [-0.25, -0.2) is 4.98 Å². The smallest absolute Gasteiger partial charge is 0.127 e. The number of nitrogens with one attached hydrogen (secondary N) is 1. The Morgan fingerprint density at radius 2 is 2.00 bits per heavy atom. The third-order valence-corrected chi connectivity index (χ3v) is 3.65. The summed E-state index contributed by atoms with van der Waals surface area (Å²) in [7, 11) is 0. The molecule has 0 aliphatic carbocycles. The highest BCUT2D eigenvalue weighted by Crippen LogP contribution is 2.19. The third kappa shape index (κ3) is 5.17. The molecule has 0 saturated carbocycles. The first-order chi connectivity index (χ1) is 9.98. The third-order valence-electron chi connectivity index (χ3n) is 3.65. The molecule has 1 aromatic rings. The van der Waals surface area contributed by atoms with Gasteiger partial charge in [-0.3, -0.25) is 4.90 Å². The number of rotatable bonds is 6. The van der Waals surface area contributed by atoms with Gasteiger partial charge in [0.25, 0.3) is 0 Å². The fourth-order valence-electron chi connectivity index (χ4n) is 2.68. The Balaban J connectivity index is 1.90. The summed E-state index contributed by atoms with van der Waals surface area (Å²) in [6, 6.07) is 4.20. The Morgan fingerprint density at radius 1 is 1.29 bits per heavy atom. The van der Waals surface area contributed by atoms with Gasteiger partial charge in [-0.1, -0.05) is 6.92 Å². The Labute approximate surface area is 128 Å². The van der Waals surface area contributed by atoms with Crippen LogP contribution in [0.3, 0.4) is 0 Å². The van der Waals surface area contributed by atoms with Gasteiger partial charge in [0.05, 0.1) is 5.60 Å². The van der Waals surface area contributed by atoms with Crippen LogP contribution in [-0.4, -0.2) is 59.9 Å². The van der Waals surface area contributed by atoms with Crippen molar-refractivity contribution in [3.8, 4) is 0 Å². The molecule has 5 heteroatoms. The van der Waals surface area contributed by atoms with E-state index in [0.717, 1.165) is 51.5 Å². The second-order valence-corrected chi connectivity index (χ2v) is 6.40. The predicted octanol–water partition coefficient (Wildman–Crippen LogP) is 1.80. The van der Waals surface area contributed by atoms with E-state index >= 15 is 0 Å². The van der Waals surface area contributed by atoms with Gasteiger partial charge >= 0.3 is 0 Å². The number of β-amino-alcohol motifs (C(OH)–C–C–N with tert-alkyl or cyclic N) is 1. The van der Waals surface area contributed by atoms with Crippen molar-refractivity contribution in [2.75, 3.05) is 49.5 Å². The van der Waals surface area contributed by atoms with Gasteiger partial charge in [0.1, 0.15) is 5.82 Å². The first-order valence-electron chi connectivity index (χ1n) is 7.87. The Hall–Kier alpha value is -1.33. The minimum Gasteiger partial charge on any atom is -0.389 e. The fourth-order valence-corrected chi connectivity index (χ4v) is 2.68. The zero-order chi connectivity index (χ0) is 15.3. The van der Waals surface area contributed by atoms with Crippen molar-refractivity contribution in [2.24, 2.45) is 0 Å². The van der Waals surface area contributed by atoms with E-state index in [1.54, 1.807) is 0 Å². The zero-order valence-corrected chi connectivity index (χ0v) is 13.5. The lowest BCUT2D eigenvalue weighted by Crippen LogP contribution is -2.50. The minimum absolute atomic E-state index is 0.615. The molecule has 5 nitrogen and oxygen atoms in total. The maximum atomic E-state index is 9.90. The van der Waals surface area contributed by atoms with Crippen molar-refractivity contribution in [3.05, 3.63) is 18.3 Å². The van der Waals surface area contributed by atoms with Crippen LogP contribution < -0.4 is 10.2 Å². The van der Waals surface area contributed by atoms with Crippen LogP contribution in [0.5, 0.6) is 0 Å². The van der Waals surface area contributed by atoms with Gasteiger partial charge in [0.15, 0.2) is 0 Å². The van der Waals surface area contributed by atoms with Crippen molar-refractivity contribution in [3.63, 3.8) is 0 Å². The Bertz CT molecular complexity index is 436. The molecular weight excluding hydrogens is 264 g/mol. The summed E-state index contributed by atoms with van der Waals surface area (Å²) in [5.74, 6) is 0.952. The molecule has 2 heterocycles. The van der Waals surface area contributed by atoms with Crippen LogP contribution in [0.1, 0.15) is 27.2 Å². The average Bonchev–Trinajstić information content (AvgIpc) is 2.44. The maximum Gasteiger partial charge on any atom is 0.127 e. The van der Waals surface area contributed by atoms with Gasteiger partial charge < -0.3 is 15.3 Å². The molecule has 0 amide bonds. The quantitative estimate of drug-likeness (QED) is 0.837. The van der Waals surface area contributed by atoms with Gasteiger partial charge in [-0.15, -0.1) is 0 Å². The van der Waals surface area contributed by atoms with Crippen LogP contribution in [-0.2, 0) is 0 Å². The molecule has 0 spiro atoms. The highest BCUT2D eigenvalue weighted by Gasteiger charge is 2.22.